The van der Waals surface area contributed by atoms with E-state index in [0.29, 0.717) is 18.1 Å². The maximum atomic E-state index is 5.82. The van der Waals surface area contributed by atoms with Crippen molar-refractivity contribution in [3.8, 4) is 17.6 Å². The molecule has 98 valence electrons. The first-order chi connectivity index (χ1) is 9.11. The molecule has 0 fully saturated rings. The molecule has 0 bridgehead atoms. The number of methoxy groups -OCH3 is 1. The summed E-state index contributed by atoms with van der Waals surface area (Å²) in [6.45, 7) is 0.688. The minimum Gasteiger partial charge on any atom is -0.495 e. The smallest absolute Gasteiger partial charge is 0.135 e. The van der Waals surface area contributed by atoms with E-state index in [-0.39, 0.29) is 0 Å². The van der Waals surface area contributed by atoms with Gasteiger partial charge in [0.1, 0.15) is 17.9 Å². The Hall–Kier alpha value is -2.32. The Morgan fingerprint density at radius 1 is 1.32 bits per heavy atom. The highest BCUT2D eigenvalue weighted by Gasteiger charge is 2.07. The molecule has 0 saturated heterocycles. The molecule has 0 spiro atoms. The average Bonchev–Trinajstić information content (AvgIpc) is 2.38. The molecule has 0 radical (unpaired) electrons. The Bertz CT molecular complexity index is 656. The third-order valence-corrected chi connectivity index (χ3v) is 2.61. The molecule has 2 rings (SSSR count). The van der Waals surface area contributed by atoms with Gasteiger partial charge in [-0.15, -0.1) is 0 Å². The van der Waals surface area contributed by atoms with Crippen molar-refractivity contribution < 1.29 is 4.74 Å². The van der Waals surface area contributed by atoms with E-state index in [1.807, 2.05) is 31.1 Å². The van der Waals surface area contributed by atoms with Gasteiger partial charge < -0.3 is 10.5 Å². The van der Waals surface area contributed by atoms with Crippen molar-refractivity contribution in [2.45, 2.75) is 0 Å². The lowest BCUT2D eigenvalue weighted by Gasteiger charge is -2.07. The van der Waals surface area contributed by atoms with Gasteiger partial charge in [0, 0.05) is 5.39 Å². The van der Waals surface area contributed by atoms with Crippen molar-refractivity contribution in [1.29, 1.82) is 0 Å². The lowest BCUT2D eigenvalue weighted by Crippen LogP contribution is -2.10. The van der Waals surface area contributed by atoms with Gasteiger partial charge in [-0.2, -0.15) is 0 Å². The molecule has 5 nitrogen and oxygen atoms in total. The molecule has 2 N–H and O–H groups in total. The molecule has 0 aliphatic carbocycles. The maximum Gasteiger partial charge on any atom is 0.135 e. The number of aromatic nitrogens is 2. The summed E-state index contributed by atoms with van der Waals surface area (Å²) in [6.07, 6.45) is 1.45. The molecular formula is C14H16N4O. The van der Waals surface area contributed by atoms with Crippen molar-refractivity contribution in [3.05, 3.63) is 24.0 Å². The molecule has 1 aromatic carbocycles. The van der Waals surface area contributed by atoms with Crippen LogP contribution in [0.15, 0.2) is 18.5 Å². The molecule has 0 atom stereocenters. The van der Waals surface area contributed by atoms with E-state index in [4.69, 9.17) is 10.5 Å². The Morgan fingerprint density at radius 2 is 2.11 bits per heavy atom. The van der Waals surface area contributed by atoms with E-state index < -0.39 is 0 Å². The number of fused-ring (bicyclic) bond motifs is 1. The highest BCUT2D eigenvalue weighted by atomic mass is 16.5. The third-order valence-electron chi connectivity index (χ3n) is 2.61. The summed E-state index contributed by atoms with van der Waals surface area (Å²) in [5, 5.41) is 0.775. The largest absolute Gasteiger partial charge is 0.495 e. The molecule has 1 heterocycles. The Balaban J connectivity index is 2.50. The molecule has 2 aromatic rings. The summed E-state index contributed by atoms with van der Waals surface area (Å²) in [5.74, 6) is 7.29. The fraction of sp³-hybridized carbons (Fsp3) is 0.286. The van der Waals surface area contributed by atoms with Gasteiger partial charge in [-0.05, 0) is 26.2 Å². The predicted molar refractivity (Wildman–Crippen MR) is 75.9 cm³/mol. The highest BCUT2D eigenvalue weighted by Crippen LogP contribution is 2.26. The van der Waals surface area contributed by atoms with Crippen LogP contribution in [0.25, 0.3) is 10.9 Å². The van der Waals surface area contributed by atoms with Crippen LogP contribution in [-0.2, 0) is 0 Å². The second-order valence-corrected chi connectivity index (χ2v) is 4.37. The quantitative estimate of drug-likeness (QED) is 0.816. The number of rotatable bonds is 2. The number of nitrogens with two attached hydrogens (primary N) is 1. The van der Waals surface area contributed by atoms with E-state index in [9.17, 15) is 0 Å². The molecule has 0 aliphatic heterocycles. The number of hydrogen-bond acceptors (Lipinski definition) is 5. The van der Waals surface area contributed by atoms with E-state index >= 15 is 0 Å². The topological polar surface area (TPSA) is 64.3 Å². The summed E-state index contributed by atoms with van der Waals surface area (Å²) < 4.78 is 5.34. The Labute approximate surface area is 112 Å². The van der Waals surface area contributed by atoms with Crippen molar-refractivity contribution in [3.63, 3.8) is 0 Å². The first-order valence-corrected chi connectivity index (χ1v) is 5.83. The van der Waals surface area contributed by atoms with Crippen molar-refractivity contribution >= 4 is 16.7 Å². The summed E-state index contributed by atoms with van der Waals surface area (Å²) in [5.41, 5.74) is 7.39. The highest BCUT2D eigenvalue weighted by molar-refractivity contribution is 5.90. The van der Waals surface area contributed by atoms with E-state index in [1.165, 1.54) is 6.33 Å². The van der Waals surface area contributed by atoms with Crippen molar-refractivity contribution in [2.75, 3.05) is 33.5 Å². The van der Waals surface area contributed by atoms with Gasteiger partial charge in [0.15, 0.2) is 0 Å². The van der Waals surface area contributed by atoms with Crippen LogP contribution >= 0.6 is 0 Å². The first kappa shape index (κ1) is 13.1. The molecular weight excluding hydrogens is 240 g/mol. The molecule has 1 aromatic heterocycles. The Kier molecular flexibility index (Phi) is 3.83. The van der Waals surface area contributed by atoms with E-state index in [2.05, 4.69) is 21.8 Å². The van der Waals surface area contributed by atoms with Crippen LogP contribution in [0, 0.1) is 11.8 Å². The molecule has 0 saturated carbocycles. The predicted octanol–water partition coefficient (Wildman–Crippen LogP) is 1.13. The number of hydrogen-bond donors (Lipinski definition) is 1. The number of ether oxygens (including phenoxy) is 1. The normalized spacial score (nSPS) is 10.3. The molecule has 0 amide bonds. The molecule has 5 heteroatoms. The van der Waals surface area contributed by atoms with Gasteiger partial charge in [-0.1, -0.05) is 11.8 Å². The van der Waals surface area contributed by atoms with Crippen molar-refractivity contribution in [1.82, 2.24) is 14.9 Å². The average molecular weight is 256 g/mol. The monoisotopic (exact) mass is 256 g/mol. The van der Waals surface area contributed by atoms with Crippen molar-refractivity contribution in [2.24, 2.45) is 0 Å². The minimum absolute atomic E-state index is 0.441. The van der Waals surface area contributed by atoms with Crippen LogP contribution < -0.4 is 10.5 Å². The zero-order valence-corrected chi connectivity index (χ0v) is 11.3. The van der Waals surface area contributed by atoms with Crippen LogP contribution in [0.2, 0.25) is 0 Å². The Morgan fingerprint density at radius 3 is 2.79 bits per heavy atom. The molecule has 0 unspecified atom stereocenters. The van der Waals surface area contributed by atoms with Crippen LogP contribution in [-0.4, -0.2) is 42.6 Å². The lowest BCUT2D eigenvalue weighted by molar-refractivity contribution is 0.414. The van der Waals surface area contributed by atoms with Gasteiger partial charge in [0.05, 0.1) is 24.7 Å². The van der Waals surface area contributed by atoms with Crippen LogP contribution in [0.4, 0.5) is 5.82 Å². The van der Waals surface area contributed by atoms with Gasteiger partial charge in [0.2, 0.25) is 0 Å². The number of anilines is 1. The summed E-state index contributed by atoms with van der Waals surface area (Å²) in [4.78, 5) is 10.2. The van der Waals surface area contributed by atoms with Gasteiger partial charge in [-0.3, -0.25) is 4.90 Å². The third kappa shape index (κ3) is 2.92. The summed E-state index contributed by atoms with van der Waals surface area (Å²) in [6, 6.07) is 3.69. The zero-order valence-electron chi connectivity index (χ0n) is 11.3. The fourth-order valence-electron chi connectivity index (χ4n) is 1.66. The maximum absolute atomic E-state index is 5.82. The van der Waals surface area contributed by atoms with E-state index in [1.54, 1.807) is 7.11 Å². The second kappa shape index (κ2) is 5.55. The lowest BCUT2D eigenvalue weighted by atomic mass is 10.1. The summed E-state index contributed by atoms with van der Waals surface area (Å²) >= 11 is 0. The number of nitrogen functional groups attached to an aromatic ring is 1. The number of benzene rings is 1. The van der Waals surface area contributed by atoms with E-state index in [0.717, 1.165) is 16.5 Å². The standard InChI is InChI=1S/C14H16N4O/c1-18(2)6-4-5-10-7-12-11(8-13(10)19-3)14(15)17-9-16-12/h7-9H,6H2,1-3H3,(H2,15,16,17). The second-order valence-electron chi connectivity index (χ2n) is 4.37. The number of nitrogens with zero attached hydrogens (tertiary/aromatic N) is 3. The van der Waals surface area contributed by atoms with Gasteiger partial charge in [0.25, 0.3) is 0 Å². The van der Waals surface area contributed by atoms with Gasteiger partial charge in [-0.25, -0.2) is 9.97 Å². The molecule has 0 aliphatic rings. The van der Waals surface area contributed by atoms with Crippen LogP contribution in [0.3, 0.4) is 0 Å². The van der Waals surface area contributed by atoms with Crippen LogP contribution in [0.5, 0.6) is 5.75 Å². The zero-order chi connectivity index (χ0) is 13.8. The SMILES string of the molecule is COc1cc2c(N)ncnc2cc1C#CCN(C)C. The first-order valence-electron chi connectivity index (χ1n) is 5.83. The van der Waals surface area contributed by atoms with Crippen LogP contribution in [0.1, 0.15) is 5.56 Å². The van der Waals surface area contributed by atoms with Gasteiger partial charge >= 0.3 is 0 Å². The molecule has 19 heavy (non-hydrogen) atoms. The summed E-state index contributed by atoms with van der Waals surface area (Å²) in [7, 11) is 5.55. The minimum atomic E-state index is 0.441. The fourth-order valence-corrected chi connectivity index (χ4v) is 1.66.